The fourth-order valence-corrected chi connectivity index (χ4v) is 5.21. The second-order valence-electron chi connectivity index (χ2n) is 10.4. The normalized spacial score (nSPS) is 17.3. The first-order valence-corrected chi connectivity index (χ1v) is 12.3. The molecule has 2 N–H and O–H groups in total. The lowest BCUT2D eigenvalue weighted by atomic mass is 9.87. The number of hydrogen-bond acceptors (Lipinski definition) is 5. The molecule has 0 spiro atoms. The largest absolute Gasteiger partial charge is 0.453 e. The van der Waals surface area contributed by atoms with E-state index in [0.29, 0.717) is 6.42 Å². The van der Waals surface area contributed by atoms with Crippen LogP contribution in [0.1, 0.15) is 48.7 Å². The molecule has 3 heterocycles. The minimum absolute atomic E-state index is 0.00186. The summed E-state index contributed by atoms with van der Waals surface area (Å²) in [5.41, 5.74) is 12.6. The standard InChI is InChI=1S/C28H38N4O2/c1-18(2)25(29)27(33)34-28(4,21-8-7-11-30-17-21)16-20-14-19(3)15-23-22-9-12-31(5)13-10-24(22)32(6)26(20)23/h7-8,11,14-15,17-18,25H,9-10,12-13,16,29H2,1-6H3. The van der Waals surface area contributed by atoms with Gasteiger partial charge >= 0.3 is 5.97 Å². The lowest BCUT2D eigenvalue weighted by Gasteiger charge is -2.32. The quantitative estimate of drug-likeness (QED) is 0.563. The average Bonchev–Trinajstić information content (AvgIpc) is 2.92. The minimum atomic E-state index is -0.888. The first-order chi connectivity index (χ1) is 16.1. The van der Waals surface area contributed by atoms with Crippen molar-refractivity contribution in [1.82, 2.24) is 14.5 Å². The van der Waals surface area contributed by atoms with Crippen molar-refractivity contribution in [2.24, 2.45) is 18.7 Å². The van der Waals surface area contributed by atoms with Crippen LogP contribution in [0, 0.1) is 12.8 Å². The van der Waals surface area contributed by atoms with Gasteiger partial charge < -0.3 is 19.9 Å². The van der Waals surface area contributed by atoms with E-state index in [1.807, 2.05) is 32.9 Å². The molecule has 0 fully saturated rings. The number of aryl methyl sites for hydroxylation is 2. The van der Waals surface area contributed by atoms with Crippen molar-refractivity contribution in [3.63, 3.8) is 0 Å². The van der Waals surface area contributed by atoms with Crippen molar-refractivity contribution < 1.29 is 9.53 Å². The summed E-state index contributed by atoms with van der Waals surface area (Å²) in [6.07, 6.45) is 6.15. The summed E-state index contributed by atoms with van der Waals surface area (Å²) in [5, 5.41) is 1.32. The van der Waals surface area contributed by atoms with Crippen LogP contribution in [-0.4, -0.2) is 46.6 Å². The van der Waals surface area contributed by atoms with Crippen LogP contribution in [0.2, 0.25) is 0 Å². The SMILES string of the molecule is Cc1cc(CC(C)(OC(=O)C(N)C(C)C)c2cccnc2)c2c(c1)c1c(n2C)CCN(C)CC1. The Bertz CT molecular complexity index is 1180. The number of aromatic nitrogens is 2. The van der Waals surface area contributed by atoms with Gasteiger partial charge in [-0.2, -0.15) is 0 Å². The second kappa shape index (κ2) is 9.51. The minimum Gasteiger partial charge on any atom is -0.453 e. The predicted octanol–water partition coefficient (Wildman–Crippen LogP) is 3.90. The first-order valence-electron chi connectivity index (χ1n) is 12.3. The number of carbonyl (C=O) groups is 1. The van der Waals surface area contributed by atoms with E-state index in [2.05, 4.69) is 47.6 Å². The zero-order valence-electron chi connectivity index (χ0n) is 21.4. The number of benzene rings is 1. The van der Waals surface area contributed by atoms with E-state index in [0.717, 1.165) is 31.5 Å². The summed E-state index contributed by atoms with van der Waals surface area (Å²) in [5.74, 6) is -0.381. The van der Waals surface area contributed by atoms with Gasteiger partial charge in [0.1, 0.15) is 11.6 Å². The number of hydrogen-bond donors (Lipinski definition) is 1. The molecule has 6 heteroatoms. The van der Waals surface area contributed by atoms with Crippen molar-refractivity contribution in [2.45, 2.75) is 58.6 Å². The Labute approximate surface area is 203 Å². The van der Waals surface area contributed by atoms with Gasteiger partial charge in [0.05, 0.1) is 5.52 Å². The highest BCUT2D eigenvalue weighted by Gasteiger charge is 2.35. The second-order valence-corrected chi connectivity index (χ2v) is 10.4. The highest BCUT2D eigenvalue weighted by Crippen LogP contribution is 2.37. The molecule has 182 valence electrons. The molecule has 2 unspecified atom stereocenters. The van der Waals surface area contributed by atoms with Crippen LogP contribution in [-0.2, 0) is 41.4 Å². The Hall–Kier alpha value is -2.70. The summed E-state index contributed by atoms with van der Waals surface area (Å²) in [6.45, 7) is 10.1. The van der Waals surface area contributed by atoms with E-state index in [1.54, 1.807) is 12.4 Å². The Morgan fingerprint density at radius 1 is 1.24 bits per heavy atom. The first kappa shape index (κ1) is 24.4. The maximum atomic E-state index is 13.0. The summed E-state index contributed by atoms with van der Waals surface area (Å²) >= 11 is 0. The van der Waals surface area contributed by atoms with Gasteiger partial charge in [0.25, 0.3) is 0 Å². The summed E-state index contributed by atoms with van der Waals surface area (Å²) in [4.78, 5) is 19.7. The zero-order valence-corrected chi connectivity index (χ0v) is 21.4. The van der Waals surface area contributed by atoms with Crippen LogP contribution in [0.25, 0.3) is 10.9 Å². The van der Waals surface area contributed by atoms with E-state index < -0.39 is 11.6 Å². The van der Waals surface area contributed by atoms with Crippen molar-refractivity contribution >= 4 is 16.9 Å². The van der Waals surface area contributed by atoms with E-state index in [-0.39, 0.29) is 11.9 Å². The summed E-state index contributed by atoms with van der Waals surface area (Å²) < 4.78 is 8.56. The monoisotopic (exact) mass is 462 g/mol. The van der Waals surface area contributed by atoms with Gasteiger partial charge in [0.2, 0.25) is 0 Å². The molecule has 0 radical (unpaired) electrons. The smallest absolute Gasteiger partial charge is 0.324 e. The van der Waals surface area contributed by atoms with Crippen LogP contribution in [0.15, 0.2) is 36.7 Å². The van der Waals surface area contributed by atoms with Gasteiger partial charge in [-0.25, -0.2) is 0 Å². The van der Waals surface area contributed by atoms with Gasteiger partial charge in [-0.3, -0.25) is 9.78 Å². The van der Waals surface area contributed by atoms with Gasteiger partial charge in [-0.15, -0.1) is 0 Å². The van der Waals surface area contributed by atoms with Crippen LogP contribution in [0.4, 0.5) is 0 Å². The number of nitrogens with zero attached hydrogens (tertiary/aromatic N) is 3. The third-order valence-corrected chi connectivity index (χ3v) is 7.34. The number of ether oxygens (including phenoxy) is 1. The molecular formula is C28H38N4O2. The number of carbonyl (C=O) groups excluding carboxylic acids is 1. The molecule has 34 heavy (non-hydrogen) atoms. The van der Waals surface area contributed by atoms with Crippen LogP contribution >= 0.6 is 0 Å². The topological polar surface area (TPSA) is 73.4 Å². The number of rotatable bonds is 6. The molecule has 0 saturated heterocycles. The van der Waals surface area contributed by atoms with Crippen LogP contribution < -0.4 is 5.73 Å². The molecule has 2 aromatic heterocycles. The summed E-state index contributed by atoms with van der Waals surface area (Å²) in [7, 11) is 4.37. The molecule has 0 saturated carbocycles. The van der Waals surface area contributed by atoms with Crippen molar-refractivity contribution in [3.05, 3.63) is 64.6 Å². The molecule has 1 aromatic carbocycles. The van der Waals surface area contributed by atoms with E-state index in [1.165, 1.54) is 33.3 Å². The molecular weight excluding hydrogens is 424 g/mol. The van der Waals surface area contributed by atoms with Gasteiger partial charge in [-0.1, -0.05) is 31.5 Å². The fraction of sp³-hybridized carbons (Fsp3) is 0.500. The van der Waals surface area contributed by atoms with Crippen molar-refractivity contribution in [2.75, 3.05) is 20.1 Å². The van der Waals surface area contributed by atoms with Gasteiger partial charge in [0, 0.05) is 62.0 Å². The predicted molar refractivity (Wildman–Crippen MR) is 137 cm³/mol. The maximum Gasteiger partial charge on any atom is 0.324 e. The van der Waals surface area contributed by atoms with Crippen molar-refractivity contribution in [3.8, 4) is 0 Å². The van der Waals surface area contributed by atoms with Crippen LogP contribution in [0.3, 0.4) is 0 Å². The lowest BCUT2D eigenvalue weighted by Crippen LogP contribution is -2.42. The highest BCUT2D eigenvalue weighted by atomic mass is 16.6. The third kappa shape index (κ3) is 4.62. The van der Waals surface area contributed by atoms with E-state index >= 15 is 0 Å². The molecule has 1 aliphatic heterocycles. The average molecular weight is 463 g/mol. The Morgan fingerprint density at radius 3 is 2.65 bits per heavy atom. The van der Waals surface area contributed by atoms with E-state index in [9.17, 15) is 4.79 Å². The molecule has 0 aliphatic carbocycles. The number of fused-ring (bicyclic) bond motifs is 3. The third-order valence-electron chi connectivity index (χ3n) is 7.34. The summed E-state index contributed by atoms with van der Waals surface area (Å²) in [6, 6.07) is 7.74. The number of pyridine rings is 1. The van der Waals surface area contributed by atoms with E-state index in [4.69, 9.17) is 10.5 Å². The Morgan fingerprint density at radius 2 is 1.97 bits per heavy atom. The molecule has 3 aromatic rings. The molecule has 4 rings (SSSR count). The molecule has 0 bridgehead atoms. The van der Waals surface area contributed by atoms with Gasteiger partial charge in [-0.05, 0) is 56.5 Å². The molecule has 1 aliphatic rings. The Kier molecular flexibility index (Phi) is 6.83. The number of likely N-dealkylation sites (N-methyl/N-ethyl adjacent to an activating group) is 1. The number of esters is 1. The molecule has 6 nitrogen and oxygen atoms in total. The van der Waals surface area contributed by atoms with Crippen LogP contribution in [0.5, 0.6) is 0 Å². The zero-order chi connectivity index (χ0) is 24.6. The molecule has 0 amide bonds. The fourth-order valence-electron chi connectivity index (χ4n) is 5.21. The molecule has 2 atom stereocenters. The maximum absolute atomic E-state index is 13.0. The number of nitrogens with two attached hydrogens (primary N) is 1. The Balaban J connectivity index is 1.82. The highest BCUT2D eigenvalue weighted by molar-refractivity contribution is 5.89. The van der Waals surface area contributed by atoms with Gasteiger partial charge in [0.15, 0.2) is 0 Å². The lowest BCUT2D eigenvalue weighted by molar-refractivity contribution is -0.162. The van der Waals surface area contributed by atoms with Crippen molar-refractivity contribution in [1.29, 1.82) is 0 Å².